The summed E-state index contributed by atoms with van der Waals surface area (Å²) >= 11 is 0. The Kier molecular flexibility index (Phi) is 2.21. The molecule has 1 N–H and O–H groups in total. The SMILES string of the molecule is CC(=O)N1CCc2c([nH]c3ccc(C)cc23)C1. The van der Waals surface area contributed by atoms with Crippen LogP contribution in [0.2, 0.25) is 0 Å². The molecule has 0 unspecified atom stereocenters. The topological polar surface area (TPSA) is 36.1 Å². The van der Waals surface area contributed by atoms with E-state index in [0.29, 0.717) is 0 Å². The predicted molar refractivity (Wildman–Crippen MR) is 67.8 cm³/mol. The van der Waals surface area contributed by atoms with Crippen LogP contribution in [0.15, 0.2) is 18.2 Å². The van der Waals surface area contributed by atoms with Crippen LogP contribution in [0.4, 0.5) is 0 Å². The van der Waals surface area contributed by atoms with Gasteiger partial charge in [0.05, 0.1) is 6.54 Å². The lowest BCUT2D eigenvalue weighted by molar-refractivity contribution is -0.129. The highest BCUT2D eigenvalue weighted by atomic mass is 16.2. The second kappa shape index (κ2) is 3.62. The van der Waals surface area contributed by atoms with Gasteiger partial charge in [0.2, 0.25) is 5.91 Å². The van der Waals surface area contributed by atoms with Gasteiger partial charge in [0, 0.05) is 30.1 Å². The third kappa shape index (κ3) is 1.62. The number of amides is 1. The van der Waals surface area contributed by atoms with Gasteiger partial charge in [-0.15, -0.1) is 0 Å². The molecule has 1 aliphatic rings. The van der Waals surface area contributed by atoms with Crippen LogP contribution in [-0.4, -0.2) is 22.3 Å². The van der Waals surface area contributed by atoms with E-state index in [2.05, 4.69) is 30.1 Å². The molecular weight excluding hydrogens is 212 g/mol. The smallest absolute Gasteiger partial charge is 0.219 e. The number of H-pyrrole nitrogens is 1. The Labute approximate surface area is 100 Å². The summed E-state index contributed by atoms with van der Waals surface area (Å²) in [5, 5.41) is 1.32. The molecule has 3 heteroatoms. The van der Waals surface area contributed by atoms with Crippen molar-refractivity contribution in [1.29, 1.82) is 0 Å². The molecule has 0 aliphatic carbocycles. The normalized spacial score (nSPS) is 15.1. The van der Waals surface area contributed by atoms with Gasteiger partial charge in [-0.05, 0) is 31.0 Å². The number of nitrogens with zero attached hydrogens (tertiary/aromatic N) is 1. The molecule has 17 heavy (non-hydrogen) atoms. The first kappa shape index (κ1) is 10.4. The molecule has 0 saturated heterocycles. The zero-order valence-corrected chi connectivity index (χ0v) is 10.2. The molecule has 0 radical (unpaired) electrons. The van der Waals surface area contributed by atoms with Crippen LogP contribution in [0, 0.1) is 6.92 Å². The van der Waals surface area contributed by atoms with Crippen molar-refractivity contribution >= 4 is 16.8 Å². The molecule has 2 heterocycles. The minimum Gasteiger partial charge on any atom is -0.357 e. The van der Waals surface area contributed by atoms with Crippen molar-refractivity contribution in [3.8, 4) is 0 Å². The van der Waals surface area contributed by atoms with Crippen LogP contribution in [0.5, 0.6) is 0 Å². The van der Waals surface area contributed by atoms with Crippen molar-refractivity contribution < 1.29 is 4.79 Å². The number of aromatic amines is 1. The zero-order valence-electron chi connectivity index (χ0n) is 10.2. The van der Waals surface area contributed by atoms with Crippen LogP contribution in [0.1, 0.15) is 23.7 Å². The number of carbonyl (C=O) groups is 1. The molecular formula is C14H16N2O. The number of fused-ring (bicyclic) bond motifs is 3. The third-order valence-corrected chi connectivity index (χ3v) is 3.58. The van der Waals surface area contributed by atoms with Gasteiger partial charge in [-0.3, -0.25) is 4.79 Å². The first-order valence-corrected chi connectivity index (χ1v) is 6.01. The molecule has 2 aromatic rings. The molecule has 88 valence electrons. The van der Waals surface area contributed by atoms with Crippen LogP contribution in [-0.2, 0) is 17.8 Å². The molecule has 0 atom stereocenters. The standard InChI is InChI=1S/C14H16N2O/c1-9-3-4-13-12(7-9)11-5-6-16(10(2)17)8-14(11)15-13/h3-4,7,15H,5-6,8H2,1-2H3. The second-order valence-electron chi connectivity index (χ2n) is 4.82. The Morgan fingerprint density at radius 3 is 3.00 bits per heavy atom. The van der Waals surface area contributed by atoms with E-state index >= 15 is 0 Å². The maximum atomic E-state index is 11.4. The summed E-state index contributed by atoms with van der Waals surface area (Å²) in [4.78, 5) is 16.7. The van der Waals surface area contributed by atoms with Gasteiger partial charge < -0.3 is 9.88 Å². The number of nitrogens with one attached hydrogen (secondary N) is 1. The van der Waals surface area contributed by atoms with E-state index in [1.165, 1.54) is 27.7 Å². The number of rotatable bonds is 0. The highest BCUT2D eigenvalue weighted by Crippen LogP contribution is 2.28. The maximum absolute atomic E-state index is 11.4. The largest absolute Gasteiger partial charge is 0.357 e. The highest BCUT2D eigenvalue weighted by molar-refractivity contribution is 5.86. The van der Waals surface area contributed by atoms with E-state index in [1.54, 1.807) is 6.92 Å². The monoisotopic (exact) mass is 228 g/mol. The molecule has 1 aromatic heterocycles. The summed E-state index contributed by atoms with van der Waals surface area (Å²) in [7, 11) is 0. The number of hydrogen-bond donors (Lipinski definition) is 1. The Bertz CT molecular complexity index is 598. The van der Waals surface area contributed by atoms with Gasteiger partial charge in [0.15, 0.2) is 0 Å². The molecule has 3 nitrogen and oxygen atoms in total. The van der Waals surface area contributed by atoms with Crippen molar-refractivity contribution in [2.75, 3.05) is 6.54 Å². The number of aryl methyl sites for hydroxylation is 1. The van der Waals surface area contributed by atoms with E-state index in [-0.39, 0.29) is 5.91 Å². The number of benzene rings is 1. The number of carbonyl (C=O) groups excluding carboxylic acids is 1. The van der Waals surface area contributed by atoms with E-state index in [4.69, 9.17) is 0 Å². The lowest BCUT2D eigenvalue weighted by Gasteiger charge is -2.25. The van der Waals surface area contributed by atoms with Crippen LogP contribution >= 0.6 is 0 Å². The lowest BCUT2D eigenvalue weighted by atomic mass is 10.0. The minimum absolute atomic E-state index is 0.158. The first-order chi connectivity index (χ1) is 8.15. The van der Waals surface area contributed by atoms with E-state index in [9.17, 15) is 4.79 Å². The highest BCUT2D eigenvalue weighted by Gasteiger charge is 2.21. The molecule has 0 fully saturated rings. The summed E-state index contributed by atoms with van der Waals surface area (Å²) in [6.07, 6.45) is 0.957. The van der Waals surface area contributed by atoms with E-state index in [0.717, 1.165) is 19.5 Å². The van der Waals surface area contributed by atoms with E-state index < -0.39 is 0 Å². The second-order valence-corrected chi connectivity index (χ2v) is 4.82. The lowest BCUT2D eigenvalue weighted by Crippen LogP contribution is -2.34. The fraction of sp³-hybridized carbons (Fsp3) is 0.357. The quantitative estimate of drug-likeness (QED) is 0.738. The van der Waals surface area contributed by atoms with Gasteiger partial charge in [0.25, 0.3) is 0 Å². The third-order valence-electron chi connectivity index (χ3n) is 3.58. The van der Waals surface area contributed by atoms with Gasteiger partial charge in [-0.1, -0.05) is 11.6 Å². The molecule has 3 rings (SSSR count). The Hall–Kier alpha value is -1.77. The van der Waals surface area contributed by atoms with Crippen molar-refractivity contribution in [1.82, 2.24) is 9.88 Å². The minimum atomic E-state index is 0.158. The fourth-order valence-electron chi connectivity index (χ4n) is 2.62. The van der Waals surface area contributed by atoms with Crippen LogP contribution in [0.3, 0.4) is 0 Å². The van der Waals surface area contributed by atoms with Gasteiger partial charge in [-0.2, -0.15) is 0 Å². The number of hydrogen-bond acceptors (Lipinski definition) is 1. The Balaban J connectivity index is 2.10. The van der Waals surface area contributed by atoms with Crippen LogP contribution < -0.4 is 0 Å². The summed E-state index contributed by atoms with van der Waals surface area (Å²) in [5.74, 6) is 0.158. The first-order valence-electron chi connectivity index (χ1n) is 6.01. The Morgan fingerprint density at radius 2 is 2.24 bits per heavy atom. The van der Waals surface area contributed by atoms with Crippen molar-refractivity contribution in [3.63, 3.8) is 0 Å². The van der Waals surface area contributed by atoms with E-state index in [1.807, 2.05) is 4.90 Å². The summed E-state index contributed by atoms with van der Waals surface area (Å²) < 4.78 is 0. The molecule has 1 aromatic carbocycles. The average Bonchev–Trinajstić information content (AvgIpc) is 2.66. The average molecular weight is 228 g/mol. The summed E-state index contributed by atoms with van der Waals surface area (Å²) in [5.41, 5.74) is 5.06. The molecule has 1 aliphatic heterocycles. The summed E-state index contributed by atoms with van der Waals surface area (Å²) in [6.45, 7) is 5.31. The molecule has 0 bridgehead atoms. The zero-order chi connectivity index (χ0) is 12.0. The summed E-state index contributed by atoms with van der Waals surface area (Å²) in [6, 6.07) is 6.47. The van der Waals surface area contributed by atoms with Gasteiger partial charge in [0.1, 0.15) is 0 Å². The van der Waals surface area contributed by atoms with Crippen LogP contribution in [0.25, 0.3) is 10.9 Å². The fourth-order valence-corrected chi connectivity index (χ4v) is 2.62. The molecule has 0 saturated carbocycles. The van der Waals surface area contributed by atoms with Crippen molar-refractivity contribution in [2.45, 2.75) is 26.8 Å². The Morgan fingerprint density at radius 1 is 1.41 bits per heavy atom. The van der Waals surface area contributed by atoms with Gasteiger partial charge in [-0.25, -0.2) is 0 Å². The molecule has 0 spiro atoms. The maximum Gasteiger partial charge on any atom is 0.219 e. The van der Waals surface area contributed by atoms with Gasteiger partial charge >= 0.3 is 0 Å². The number of aromatic nitrogens is 1. The van der Waals surface area contributed by atoms with Crippen molar-refractivity contribution in [2.24, 2.45) is 0 Å². The van der Waals surface area contributed by atoms with Crippen molar-refractivity contribution in [3.05, 3.63) is 35.0 Å². The predicted octanol–water partition coefficient (Wildman–Crippen LogP) is 2.38. The molecule has 1 amide bonds.